The second kappa shape index (κ2) is 9.02. The van der Waals surface area contributed by atoms with Crippen LogP contribution in [0.15, 0.2) is 66.7 Å². The average molecular weight is 341 g/mol. The van der Waals surface area contributed by atoms with Crippen LogP contribution in [0.2, 0.25) is 0 Å². The Morgan fingerprint density at radius 2 is 1.80 bits per heavy atom. The molecule has 2 aromatic carbocycles. The van der Waals surface area contributed by atoms with Crippen LogP contribution in [-0.2, 0) is 4.74 Å². The van der Waals surface area contributed by atoms with Crippen LogP contribution in [-0.4, -0.2) is 26.2 Å². The number of esters is 1. The first-order valence-corrected chi connectivity index (χ1v) is 8.34. The first-order chi connectivity index (χ1) is 12.0. The van der Waals surface area contributed by atoms with Gasteiger partial charge in [-0.3, -0.25) is 0 Å². The van der Waals surface area contributed by atoms with Gasteiger partial charge in [0.25, 0.3) is 0 Å². The van der Waals surface area contributed by atoms with Gasteiger partial charge in [-0.15, -0.1) is 0 Å². The molecule has 0 fully saturated rings. The summed E-state index contributed by atoms with van der Waals surface area (Å²) in [5.74, 6) is -0.544. The molecule has 0 radical (unpaired) electrons. The van der Waals surface area contributed by atoms with Gasteiger partial charge in [0.1, 0.15) is 5.82 Å². The molecule has 0 aliphatic carbocycles. The van der Waals surface area contributed by atoms with Crippen LogP contribution in [0.25, 0.3) is 0 Å². The highest BCUT2D eigenvalue weighted by molar-refractivity contribution is 5.89. The molecule has 0 aliphatic rings. The summed E-state index contributed by atoms with van der Waals surface area (Å²) in [7, 11) is 2.05. The number of nitrogens with zero attached hydrogens (tertiary/aromatic N) is 1. The zero-order valence-corrected chi connectivity index (χ0v) is 14.7. The van der Waals surface area contributed by atoms with Crippen LogP contribution >= 0.6 is 0 Å². The van der Waals surface area contributed by atoms with Crippen molar-refractivity contribution in [2.24, 2.45) is 5.92 Å². The highest BCUT2D eigenvalue weighted by Crippen LogP contribution is 2.18. The molecule has 0 aromatic heterocycles. The number of para-hydroxylation sites is 1. The van der Waals surface area contributed by atoms with Gasteiger partial charge in [-0.05, 0) is 42.3 Å². The molecule has 0 heterocycles. The van der Waals surface area contributed by atoms with E-state index in [1.54, 1.807) is 0 Å². The van der Waals surface area contributed by atoms with E-state index in [-0.39, 0.29) is 18.3 Å². The number of hydrogen-bond donors (Lipinski definition) is 0. The normalized spacial score (nSPS) is 11.6. The molecule has 2 aromatic rings. The summed E-state index contributed by atoms with van der Waals surface area (Å²) in [6.45, 7) is 7.34. The minimum Gasteiger partial charge on any atom is -0.462 e. The predicted molar refractivity (Wildman–Crippen MR) is 99.3 cm³/mol. The third kappa shape index (κ3) is 5.75. The Balaban J connectivity index is 1.75. The molecule has 4 heteroatoms. The molecule has 25 heavy (non-hydrogen) atoms. The van der Waals surface area contributed by atoms with Crippen molar-refractivity contribution >= 4 is 11.7 Å². The van der Waals surface area contributed by atoms with Gasteiger partial charge in [0.15, 0.2) is 0 Å². The third-order valence-electron chi connectivity index (χ3n) is 4.18. The molecule has 0 amide bonds. The van der Waals surface area contributed by atoms with Gasteiger partial charge in [0.2, 0.25) is 0 Å². The molecule has 3 nitrogen and oxygen atoms in total. The SMILES string of the molecule is C=C(CCOC(=O)c1ccc(F)cc1)C(C)CN(C)c1ccccc1. The van der Waals surface area contributed by atoms with Gasteiger partial charge < -0.3 is 9.64 Å². The number of carbonyl (C=O) groups is 1. The maximum absolute atomic E-state index is 12.9. The molecule has 132 valence electrons. The molecule has 0 aliphatic heterocycles. The van der Waals surface area contributed by atoms with Crippen molar-refractivity contribution < 1.29 is 13.9 Å². The molecule has 2 rings (SSSR count). The third-order valence-corrected chi connectivity index (χ3v) is 4.18. The highest BCUT2D eigenvalue weighted by Gasteiger charge is 2.12. The van der Waals surface area contributed by atoms with Crippen LogP contribution in [0.1, 0.15) is 23.7 Å². The number of halogens is 1. The summed E-state index contributed by atoms with van der Waals surface area (Å²) in [5, 5.41) is 0. The lowest BCUT2D eigenvalue weighted by Gasteiger charge is -2.24. The van der Waals surface area contributed by atoms with Crippen molar-refractivity contribution in [1.29, 1.82) is 0 Å². The largest absolute Gasteiger partial charge is 0.462 e. The van der Waals surface area contributed by atoms with E-state index in [0.29, 0.717) is 12.0 Å². The second-order valence-corrected chi connectivity index (χ2v) is 6.17. The first-order valence-electron chi connectivity index (χ1n) is 8.34. The van der Waals surface area contributed by atoms with Gasteiger partial charge in [0, 0.05) is 25.7 Å². The fourth-order valence-corrected chi connectivity index (χ4v) is 2.52. The van der Waals surface area contributed by atoms with Crippen LogP contribution < -0.4 is 4.90 Å². The van der Waals surface area contributed by atoms with Crippen LogP contribution in [0, 0.1) is 11.7 Å². The molecule has 0 saturated carbocycles. The molecule has 1 unspecified atom stereocenters. The number of carbonyl (C=O) groups excluding carboxylic acids is 1. The summed E-state index contributed by atoms with van der Waals surface area (Å²) in [4.78, 5) is 14.1. The summed E-state index contributed by atoms with van der Waals surface area (Å²) >= 11 is 0. The molecular formula is C21H24FNO2. The lowest BCUT2D eigenvalue weighted by Crippen LogP contribution is -2.25. The zero-order chi connectivity index (χ0) is 18.2. The van der Waals surface area contributed by atoms with Crippen molar-refractivity contribution in [3.05, 3.63) is 78.1 Å². The Kier molecular flexibility index (Phi) is 6.75. The monoisotopic (exact) mass is 341 g/mol. The van der Waals surface area contributed by atoms with E-state index in [9.17, 15) is 9.18 Å². The molecular weight excluding hydrogens is 317 g/mol. The Morgan fingerprint density at radius 3 is 2.44 bits per heavy atom. The summed E-state index contributed by atoms with van der Waals surface area (Å²) in [6.07, 6.45) is 0.608. The zero-order valence-electron chi connectivity index (χ0n) is 14.7. The quantitative estimate of drug-likeness (QED) is 0.515. The molecule has 1 atom stereocenters. The Morgan fingerprint density at radius 1 is 1.16 bits per heavy atom. The predicted octanol–water partition coefficient (Wildman–Crippen LogP) is 4.70. The smallest absolute Gasteiger partial charge is 0.338 e. The molecule has 0 bridgehead atoms. The molecule has 0 N–H and O–H groups in total. The van der Waals surface area contributed by atoms with Crippen molar-refractivity contribution in [3.8, 4) is 0 Å². The van der Waals surface area contributed by atoms with Gasteiger partial charge in [-0.25, -0.2) is 9.18 Å². The van der Waals surface area contributed by atoms with Crippen LogP contribution in [0.4, 0.5) is 10.1 Å². The average Bonchev–Trinajstić information content (AvgIpc) is 2.62. The van der Waals surface area contributed by atoms with Crippen LogP contribution in [0.3, 0.4) is 0 Å². The van der Waals surface area contributed by atoms with Crippen molar-refractivity contribution in [2.45, 2.75) is 13.3 Å². The van der Waals surface area contributed by atoms with E-state index in [1.165, 1.54) is 24.3 Å². The van der Waals surface area contributed by atoms with Gasteiger partial charge in [-0.2, -0.15) is 0 Å². The second-order valence-electron chi connectivity index (χ2n) is 6.17. The van der Waals surface area contributed by atoms with E-state index < -0.39 is 5.97 Å². The minimum absolute atomic E-state index is 0.272. The topological polar surface area (TPSA) is 29.5 Å². The molecule has 0 spiro atoms. The van der Waals surface area contributed by atoms with E-state index in [4.69, 9.17) is 4.74 Å². The van der Waals surface area contributed by atoms with Crippen molar-refractivity contribution in [2.75, 3.05) is 25.1 Å². The highest BCUT2D eigenvalue weighted by atomic mass is 19.1. The van der Waals surface area contributed by atoms with Gasteiger partial charge in [0.05, 0.1) is 12.2 Å². The van der Waals surface area contributed by atoms with E-state index in [1.807, 2.05) is 25.2 Å². The number of anilines is 1. The number of ether oxygens (including phenoxy) is 1. The fraction of sp³-hybridized carbons (Fsp3) is 0.286. The van der Waals surface area contributed by atoms with E-state index >= 15 is 0 Å². The Labute approximate surface area is 148 Å². The van der Waals surface area contributed by atoms with Crippen LogP contribution in [0.5, 0.6) is 0 Å². The first kappa shape index (κ1) is 18.7. The lowest BCUT2D eigenvalue weighted by molar-refractivity contribution is 0.0507. The Hall–Kier alpha value is -2.62. The van der Waals surface area contributed by atoms with E-state index in [0.717, 1.165) is 17.8 Å². The standard InChI is InChI=1S/C21H24FNO2/c1-16(17(2)15-23(3)20-7-5-4-6-8-20)13-14-25-21(24)18-9-11-19(22)12-10-18/h4-12,17H,1,13-15H2,2-3H3. The lowest BCUT2D eigenvalue weighted by atomic mass is 9.99. The number of benzene rings is 2. The Bertz CT molecular complexity index is 698. The maximum atomic E-state index is 12.9. The van der Waals surface area contributed by atoms with Crippen molar-refractivity contribution in [3.63, 3.8) is 0 Å². The van der Waals surface area contributed by atoms with Gasteiger partial charge >= 0.3 is 5.97 Å². The number of rotatable bonds is 8. The maximum Gasteiger partial charge on any atom is 0.338 e. The number of hydrogen-bond acceptors (Lipinski definition) is 3. The van der Waals surface area contributed by atoms with Gasteiger partial charge in [-0.1, -0.05) is 37.3 Å². The molecule has 0 saturated heterocycles. The minimum atomic E-state index is -0.443. The summed E-state index contributed by atoms with van der Waals surface area (Å²) in [6, 6.07) is 15.5. The van der Waals surface area contributed by atoms with E-state index in [2.05, 4.69) is 30.5 Å². The summed E-state index contributed by atoms with van der Waals surface area (Å²) < 4.78 is 18.1. The van der Waals surface area contributed by atoms with Crippen molar-refractivity contribution in [1.82, 2.24) is 0 Å². The fourth-order valence-electron chi connectivity index (χ4n) is 2.52. The summed E-state index contributed by atoms with van der Waals surface area (Å²) in [5.41, 5.74) is 2.54.